The highest BCUT2D eigenvalue weighted by molar-refractivity contribution is 9.10. The number of carbonyl (C=O) groups excluding carboxylic acids is 1. The minimum absolute atomic E-state index is 0.0205. The van der Waals surface area contributed by atoms with E-state index in [1.54, 1.807) is 0 Å². The Bertz CT molecular complexity index is 813. The Labute approximate surface area is 160 Å². The van der Waals surface area contributed by atoms with E-state index in [-0.39, 0.29) is 11.2 Å². The van der Waals surface area contributed by atoms with Gasteiger partial charge in [0.15, 0.2) is 5.16 Å². The van der Waals surface area contributed by atoms with Crippen molar-refractivity contribution in [1.29, 1.82) is 0 Å². The molecule has 1 N–H and O–H groups in total. The van der Waals surface area contributed by atoms with Crippen LogP contribution < -0.4 is 5.32 Å². The maximum Gasteiger partial charge on any atom is 0.237 e. The average Bonchev–Trinajstić information content (AvgIpc) is 3.49. The Hall–Kier alpha value is -1.34. The van der Waals surface area contributed by atoms with E-state index in [9.17, 15) is 4.79 Å². The zero-order valence-electron chi connectivity index (χ0n) is 14.3. The second-order valence-corrected chi connectivity index (χ2v) is 9.11. The van der Waals surface area contributed by atoms with Gasteiger partial charge in [0.1, 0.15) is 5.82 Å². The molecule has 0 radical (unpaired) electrons. The second kappa shape index (κ2) is 6.76. The van der Waals surface area contributed by atoms with E-state index in [0.717, 1.165) is 26.7 Å². The van der Waals surface area contributed by atoms with Gasteiger partial charge >= 0.3 is 0 Å². The van der Waals surface area contributed by atoms with Crippen molar-refractivity contribution in [3.05, 3.63) is 34.1 Å². The molecule has 1 amide bonds. The summed E-state index contributed by atoms with van der Waals surface area (Å²) in [6, 6.07) is 6.45. The average molecular weight is 421 g/mol. The lowest BCUT2D eigenvalue weighted by molar-refractivity contribution is -0.115. The van der Waals surface area contributed by atoms with Crippen molar-refractivity contribution in [2.24, 2.45) is 0 Å². The van der Waals surface area contributed by atoms with Crippen LogP contribution in [-0.4, -0.2) is 25.9 Å². The first-order valence-corrected chi connectivity index (χ1v) is 10.4. The molecule has 1 aromatic carbocycles. The van der Waals surface area contributed by atoms with Gasteiger partial charge in [-0.3, -0.25) is 4.79 Å². The van der Waals surface area contributed by atoms with Crippen molar-refractivity contribution in [3.63, 3.8) is 0 Å². The predicted molar refractivity (Wildman–Crippen MR) is 103 cm³/mol. The molecular formula is C18H21BrN4OS. The monoisotopic (exact) mass is 420 g/mol. The summed E-state index contributed by atoms with van der Waals surface area (Å²) in [7, 11) is 0. The summed E-state index contributed by atoms with van der Waals surface area (Å²) in [5.74, 6) is 1.68. The largest absolute Gasteiger partial charge is 0.324 e. The number of hydrogen-bond acceptors (Lipinski definition) is 4. The number of halogens is 1. The normalized spacial score (nSPS) is 18.2. The van der Waals surface area contributed by atoms with Gasteiger partial charge in [-0.2, -0.15) is 0 Å². The zero-order valence-corrected chi connectivity index (χ0v) is 16.7. The Kier molecular flexibility index (Phi) is 4.62. The van der Waals surface area contributed by atoms with Gasteiger partial charge < -0.3 is 9.88 Å². The molecule has 5 nitrogen and oxygen atoms in total. The number of carbonyl (C=O) groups is 1. The van der Waals surface area contributed by atoms with Crippen LogP contribution in [0.1, 0.15) is 56.0 Å². The maximum atomic E-state index is 12.6. The van der Waals surface area contributed by atoms with E-state index in [0.29, 0.717) is 12.0 Å². The number of amides is 1. The third-order valence-corrected chi connectivity index (χ3v) is 6.29. The summed E-state index contributed by atoms with van der Waals surface area (Å²) in [5.41, 5.74) is 1.95. The number of aryl methyl sites for hydroxylation is 1. The summed E-state index contributed by atoms with van der Waals surface area (Å²) in [6.45, 7) is 3.95. The molecule has 1 heterocycles. The third kappa shape index (κ3) is 3.77. The lowest BCUT2D eigenvalue weighted by Crippen LogP contribution is -2.23. The molecule has 2 aliphatic carbocycles. The summed E-state index contributed by atoms with van der Waals surface area (Å²) in [5, 5.41) is 12.4. The van der Waals surface area contributed by atoms with Crippen LogP contribution in [0.2, 0.25) is 0 Å². The highest BCUT2D eigenvalue weighted by Crippen LogP contribution is 2.46. The molecule has 2 aliphatic rings. The lowest BCUT2D eigenvalue weighted by Gasteiger charge is -2.14. The minimum Gasteiger partial charge on any atom is -0.324 e. The maximum absolute atomic E-state index is 12.6. The first-order chi connectivity index (χ1) is 12.0. The number of nitrogens with zero attached hydrogens (tertiary/aromatic N) is 3. The summed E-state index contributed by atoms with van der Waals surface area (Å²) < 4.78 is 3.18. The molecule has 0 bridgehead atoms. The van der Waals surface area contributed by atoms with Crippen LogP contribution in [0.5, 0.6) is 0 Å². The van der Waals surface area contributed by atoms with Crippen LogP contribution in [0.3, 0.4) is 0 Å². The van der Waals surface area contributed by atoms with Gasteiger partial charge in [-0.25, -0.2) is 0 Å². The lowest BCUT2D eigenvalue weighted by atomic mass is 10.2. The number of nitrogens with one attached hydrogen (secondary N) is 1. The number of aromatic nitrogens is 3. The van der Waals surface area contributed by atoms with Crippen molar-refractivity contribution in [1.82, 2.24) is 14.8 Å². The van der Waals surface area contributed by atoms with Gasteiger partial charge in [-0.05, 0) is 73.2 Å². The molecule has 1 unspecified atom stereocenters. The highest BCUT2D eigenvalue weighted by atomic mass is 79.9. The van der Waals surface area contributed by atoms with Crippen LogP contribution in [0.25, 0.3) is 0 Å². The molecule has 0 spiro atoms. The summed E-state index contributed by atoms with van der Waals surface area (Å²) in [4.78, 5) is 12.6. The van der Waals surface area contributed by atoms with Gasteiger partial charge in [0, 0.05) is 16.4 Å². The van der Waals surface area contributed by atoms with Gasteiger partial charge in [0.2, 0.25) is 5.91 Å². The topological polar surface area (TPSA) is 59.8 Å². The van der Waals surface area contributed by atoms with Crippen molar-refractivity contribution < 1.29 is 4.79 Å². The molecule has 7 heteroatoms. The van der Waals surface area contributed by atoms with Gasteiger partial charge in [0.05, 0.1) is 10.9 Å². The van der Waals surface area contributed by atoms with Gasteiger partial charge in [-0.15, -0.1) is 10.2 Å². The van der Waals surface area contributed by atoms with Crippen LogP contribution in [-0.2, 0) is 4.79 Å². The standard InChI is InChI=1S/C18H21BrN4OS/c1-10-3-8-15(14(19)9-10)20-17(24)11(2)25-18-22-21-16(12-4-5-12)23(18)13-6-7-13/h3,8-9,11-13H,4-7H2,1-2H3,(H,20,24). The first kappa shape index (κ1) is 17.1. The highest BCUT2D eigenvalue weighted by Gasteiger charge is 2.37. The molecule has 25 heavy (non-hydrogen) atoms. The van der Waals surface area contributed by atoms with E-state index in [2.05, 4.69) is 36.0 Å². The Morgan fingerprint density at radius 2 is 2.08 bits per heavy atom. The molecule has 1 aromatic heterocycles. The molecule has 2 fully saturated rings. The second-order valence-electron chi connectivity index (χ2n) is 6.95. The summed E-state index contributed by atoms with van der Waals surface area (Å²) >= 11 is 5.01. The van der Waals surface area contributed by atoms with E-state index in [1.807, 2.05) is 32.0 Å². The fourth-order valence-corrected chi connectivity index (χ4v) is 4.35. The van der Waals surface area contributed by atoms with Crippen LogP contribution >= 0.6 is 27.7 Å². The Morgan fingerprint density at radius 3 is 2.72 bits per heavy atom. The minimum atomic E-state index is -0.234. The van der Waals surface area contributed by atoms with Crippen molar-refractivity contribution in [3.8, 4) is 0 Å². The van der Waals surface area contributed by atoms with Crippen LogP contribution in [0, 0.1) is 6.92 Å². The molecule has 4 rings (SSSR count). The number of anilines is 1. The SMILES string of the molecule is Cc1ccc(NC(=O)C(C)Sc2nnc(C3CC3)n2C2CC2)c(Br)c1. The quantitative estimate of drug-likeness (QED) is 0.688. The molecular weight excluding hydrogens is 400 g/mol. The first-order valence-electron chi connectivity index (χ1n) is 8.71. The molecule has 2 saturated carbocycles. The smallest absolute Gasteiger partial charge is 0.237 e. The number of hydrogen-bond donors (Lipinski definition) is 1. The Morgan fingerprint density at radius 1 is 1.32 bits per heavy atom. The number of benzene rings is 1. The predicted octanol–water partition coefficient (Wildman–Crippen LogP) is 4.68. The van der Waals surface area contributed by atoms with Crippen molar-refractivity contribution in [2.45, 2.75) is 61.9 Å². The number of thioether (sulfide) groups is 1. The van der Waals surface area contributed by atoms with E-state index in [4.69, 9.17) is 0 Å². The van der Waals surface area contributed by atoms with E-state index in [1.165, 1.54) is 37.4 Å². The van der Waals surface area contributed by atoms with Crippen molar-refractivity contribution >= 4 is 39.3 Å². The fourth-order valence-electron chi connectivity index (χ4n) is 2.83. The molecule has 2 aromatic rings. The molecule has 132 valence electrons. The van der Waals surface area contributed by atoms with Gasteiger partial charge in [0.25, 0.3) is 0 Å². The summed E-state index contributed by atoms with van der Waals surface area (Å²) in [6.07, 6.45) is 4.82. The Balaban J connectivity index is 1.46. The number of rotatable bonds is 6. The molecule has 0 aliphatic heterocycles. The molecule has 0 saturated heterocycles. The fraction of sp³-hybridized carbons (Fsp3) is 0.500. The van der Waals surface area contributed by atoms with Crippen molar-refractivity contribution in [2.75, 3.05) is 5.32 Å². The van der Waals surface area contributed by atoms with E-state index < -0.39 is 0 Å². The van der Waals surface area contributed by atoms with Crippen LogP contribution in [0.4, 0.5) is 5.69 Å². The van der Waals surface area contributed by atoms with Crippen LogP contribution in [0.15, 0.2) is 27.8 Å². The zero-order chi connectivity index (χ0) is 17.6. The molecule has 1 atom stereocenters. The van der Waals surface area contributed by atoms with Gasteiger partial charge in [-0.1, -0.05) is 17.8 Å². The third-order valence-electron chi connectivity index (χ3n) is 4.58. The van der Waals surface area contributed by atoms with E-state index >= 15 is 0 Å².